The van der Waals surface area contributed by atoms with Gasteiger partial charge in [-0.15, -0.1) is 11.3 Å². The van der Waals surface area contributed by atoms with Crippen LogP contribution in [0.1, 0.15) is 40.7 Å². The Morgan fingerprint density at radius 2 is 1.80 bits per heavy atom. The van der Waals surface area contributed by atoms with E-state index in [0.717, 1.165) is 59.3 Å². The SMILES string of the molecule is CCc1nc(-c2cccc(CC(=O)c3c(F)cccc3F)c2)c(-c2ccnc(Nc3ccc(OCCN4CCCC4)c(Cl)c3)n2)s1. The summed E-state index contributed by atoms with van der Waals surface area (Å²) in [7, 11) is 0. The molecule has 11 heteroatoms. The lowest BCUT2D eigenvalue weighted by Gasteiger charge is -2.16. The van der Waals surface area contributed by atoms with Gasteiger partial charge in [-0.2, -0.15) is 0 Å². The number of halogens is 3. The van der Waals surface area contributed by atoms with Gasteiger partial charge in [-0.1, -0.05) is 42.8 Å². The number of ether oxygens (including phenoxy) is 1. The van der Waals surface area contributed by atoms with E-state index in [-0.39, 0.29) is 6.42 Å². The smallest absolute Gasteiger partial charge is 0.227 e. The largest absolute Gasteiger partial charge is 0.491 e. The molecule has 2 aromatic heterocycles. The lowest BCUT2D eigenvalue weighted by molar-refractivity contribution is 0.0985. The first-order chi connectivity index (χ1) is 22.4. The van der Waals surface area contributed by atoms with Crippen molar-refractivity contribution in [2.45, 2.75) is 32.6 Å². The van der Waals surface area contributed by atoms with E-state index < -0.39 is 23.0 Å². The maximum atomic E-state index is 14.2. The van der Waals surface area contributed by atoms with Crippen LogP contribution in [0, 0.1) is 11.6 Å². The number of hydrogen-bond donors (Lipinski definition) is 1. The molecule has 5 aromatic rings. The molecule has 3 aromatic carbocycles. The maximum Gasteiger partial charge on any atom is 0.227 e. The van der Waals surface area contributed by atoms with E-state index in [1.165, 1.54) is 30.2 Å². The average molecular weight is 660 g/mol. The Labute approximate surface area is 275 Å². The van der Waals surface area contributed by atoms with E-state index in [2.05, 4.69) is 15.2 Å². The number of nitrogens with zero attached hydrogens (tertiary/aromatic N) is 4. The molecular formula is C35H32ClF2N5O2S. The fraction of sp³-hybridized carbons (Fsp3) is 0.257. The van der Waals surface area contributed by atoms with Gasteiger partial charge >= 0.3 is 0 Å². The van der Waals surface area contributed by atoms with Crippen molar-refractivity contribution >= 4 is 40.4 Å². The summed E-state index contributed by atoms with van der Waals surface area (Å²) < 4.78 is 34.4. The number of anilines is 2. The quantitative estimate of drug-likeness (QED) is 0.135. The molecule has 0 bridgehead atoms. The molecule has 3 heterocycles. The normalized spacial score (nSPS) is 13.2. The van der Waals surface area contributed by atoms with Crippen molar-refractivity contribution in [3.63, 3.8) is 0 Å². The predicted molar refractivity (Wildman–Crippen MR) is 178 cm³/mol. The molecule has 1 fully saturated rings. The minimum Gasteiger partial charge on any atom is -0.491 e. The van der Waals surface area contributed by atoms with E-state index in [9.17, 15) is 13.6 Å². The van der Waals surface area contributed by atoms with Crippen LogP contribution in [0.4, 0.5) is 20.4 Å². The summed E-state index contributed by atoms with van der Waals surface area (Å²) in [6.07, 6.45) is 4.73. The number of ketones is 1. The number of hydrogen-bond acceptors (Lipinski definition) is 8. The lowest BCUT2D eigenvalue weighted by atomic mass is 9.99. The summed E-state index contributed by atoms with van der Waals surface area (Å²) >= 11 is 8.06. The second-order valence-corrected chi connectivity index (χ2v) is 12.5. The van der Waals surface area contributed by atoms with Gasteiger partial charge in [0.05, 0.1) is 31.9 Å². The highest BCUT2D eigenvalue weighted by atomic mass is 35.5. The molecule has 0 spiro atoms. The minimum atomic E-state index is -0.872. The van der Waals surface area contributed by atoms with Crippen molar-refractivity contribution in [2.75, 3.05) is 31.6 Å². The van der Waals surface area contributed by atoms with E-state index in [4.69, 9.17) is 26.3 Å². The summed E-state index contributed by atoms with van der Waals surface area (Å²) in [5.41, 5.74) is 2.95. The Bertz CT molecular complexity index is 1840. The Hall–Kier alpha value is -4.25. The van der Waals surface area contributed by atoms with Crippen molar-refractivity contribution < 1.29 is 18.3 Å². The minimum absolute atomic E-state index is 0.155. The van der Waals surface area contributed by atoms with Gasteiger partial charge in [0, 0.05) is 30.4 Å². The second kappa shape index (κ2) is 14.5. The second-order valence-electron chi connectivity index (χ2n) is 11.0. The first-order valence-corrected chi connectivity index (χ1v) is 16.4. The molecular weight excluding hydrogens is 628 g/mol. The molecule has 6 rings (SSSR count). The van der Waals surface area contributed by atoms with Crippen molar-refractivity contribution in [2.24, 2.45) is 0 Å². The molecule has 0 radical (unpaired) electrons. The first-order valence-electron chi connectivity index (χ1n) is 15.2. The Balaban J connectivity index is 1.20. The van der Waals surface area contributed by atoms with E-state index in [1.54, 1.807) is 24.4 Å². The summed E-state index contributed by atoms with van der Waals surface area (Å²) in [4.78, 5) is 30.1. The van der Waals surface area contributed by atoms with Crippen LogP contribution in [0.25, 0.3) is 21.8 Å². The van der Waals surface area contributed by atoms with Gasteiger partial charge in [-0.25, -0.2) is 23.7 Å². The van der Waals surface area contributed by atoms with Crippen LogP contribution in [0.3, 0.4) is 0 Å². The Morgan fingerprint density at radius 1 is 1.02 bits per heavy atom. The van der Waals surface area contributed by atoms with Crippen molar-refractivity contribution in [1.82, 2.24) is 19.9 Å². The van der Waals surface area contributed by atoms with Gasteiger partial charge in [0.2, 0.25) is 5.95 Å². The number of likely N-dealkylation sites (tertiary alicyclic amines) is 1. The highest BCUT2D eigenvalue weighted by molar-refractivity contribution is 7.15. The standard InChI is InChI=1S/C35H32ClF2N5O2S/c1-2-31-42-33(23-8-5-7-22(19-23)20-29(44)32-26(37)9-6-10-27(32)38)34(46-31)28-13-14-39-35(41-28)40-24-11-12-30(25(36)21-24)45-18-17-43-15-3-4-16-43/h5-14,19,21H,2-4,15-18,20H2,1H3,(H,39,40,41). The molecule has 0 saturated carbocycles. The fourth-order valence-electron chi connectivity index (χ4n) is 5.41. The Morgan fingerprint density at radius 3 is 2.57 bits per heavy atom. The highest BCUT2D eigenvalue weighted by Crippen LogP contribution is 2.37. The molecule has 1 saturated heterocycles. The summed E-state index contributed by atoms with van der Waals surface area (Å²) in [6.45, 7) is 5.73. The average Bonchev–Trinajstić information content (AvgIpc) is 3.73. The van der Waals surface area contributed by atoms with Crippen LogP contribution >= 0.6 is 22.9 Å². The molecule has 236 valence electrons. The lowest BCUT2D eigenvalue weighted by Crippen LogP contribution is -2.25. The molecule has 46 heavy (non-hydrogen) atoms. The molecule has 1 aliphatic rings. The van der Waals surface area contributed by atoms with Crippen LogP contribution < -0.4 is 10.1 Å². The van der Waals surface area contributed by atoms with E-state index in [0.29, 0.717) is 40.3 Å². The number of Topliss-reactive ketones (excluding diaryl/α,β-unsaturated/α-hetero) is 1. The number of rotatable bonds is 12. The Kier molecular flexibility index (Phi) is 9.97. The number of nitrogens with one attached hydrogen (secondary N) is 1. The molecule has 1 N–H and O–H groups in total. The topological polar surface area (TPSA) is 80.2 Å². The molecule has 7 nitrogen and oxygen atoms in total. The zero-order valence-corrected chi connectivity index (χ0v) is 26.8. The maximum absolute atomic E-state index is 14.2. The van der Waals surface area contributed by atoms with Crippen molar-refractivity contribution in [3.8, 4) is 27.6 Å². The van der Waals surface area contributed by atoms with Gasteiger partial charge in [-0.05, 0) is 80.4 Å². The first kappa shape index (κ1) is 31.7. The third kappa shape index (κ3) is 7.41. The van der Waals surface area contributed by atoms with Gasteiger partial charge in [0.25, 0.3) is 0 Å². The van der Waals surface area contributed by atoms with Crippen LogP contribution in [-0.2, 0) is 12.8 Å². The number of aromatic nitrogens is 3. The molecule has 1 aliphatic heterocycles. The highest BCUT2D eigenvalue weighted by Gasteiger charge is 2.20. The van der Waals surface area contributed by atoms with Gasteiger partial charge in [0.1, 0.15) is 24.0 Å². The summed E-state index contributed by atoms with van der Waals surface area (Å²) in [5, 5.41) is 4.65. The van der Waals surface area contributed by atoms with Crippen molar-refractivity contribution in [3.05, 3.63) is 106 Å². The van der Waals surface area contributed by atoms with Gasteiger partial charge in [0.15, 0.2) is 5.78 Å². The predicted octanol–water partition coefficient (Wildman–Crippen LogP) is 8.40. The summed E-state index contributed by atoms with van der Waals surface area (Å²) in [5.74, 6) is -1.36. The van der Waals surface area contributed by atoms with Crippen LogP contribution in [0.2, 0.25) is 5.02 Å². The molecule has 0 amide bonds. The molecule has 0 atom stereocenters. The van der Waals surface area contributed by atoms with E-state index >= 15 is 0 Å². The van der Waals surface area contributed by atoms with Crippen LogP contribution in [0.5, 0.6) is 5.75 Å². The van der Waals surface area contributed by atoms with Crippen LogP contribution in [0.15, 0.2) is 72.9 Å². The van der Waals surface area contributed by atoms with Crippen LogP contribution in [-0.4, -0.2) is 51.9 Å². The van der Waals surface area contributed by atoms with Gasteiger partial charge in [-0.3, -0.25) is 9.69 Å². The van der Waals surface area contributed by atoms with Gasteiger partial charge < -0.3 is 10.1 Å². The number of carbonyl (C=O) groups is 1. The summed E-state index contributed by atoms with van der Waals surface area (Å²) in [6, 6.07) is 18.0. The number of aryl methyl sites for hydroxylation is 1. The zero-order chi connectivity index (χ0) is 32.0. The third-order valence-corrected chi connectivity index (χ3v) is 9.24. The number of thiazole rings is 1. The van der Waals surface area contributed by atoms with Crippen molar-refractivity contribution in [1.29, 1.82) is 0 Å². The van der Waals surface area contributed by atoms with E-state index in [1.807, 2.05) is 37.3 Å². The monoisotopic (exact) mass is 659 g/mol. The third-order valence-electron chi connectivity index (χ3n) is 7.72. The molecule has 0 unspecified atom stereocenters. The fourth-order valence-corrected chi connectivity index (χ4v) is 6.64. The number of benzene rings is 3. The molecule has 0 aliphatic carbocycles. The number of carbonyl (C=O) groups excluding carboxylic acids is 1. The zero-order valence-electron chi connectivity index (χ0n) is 25.2.